The second kappa shape index (κ2) is 9.67. The monoisotopic (exact) mass is 427 g/mol. The molecule has 4 aromatic rings. The number of aryl methyl sites for hydroxylation is 2. The molecule has 0 spiro atoms. The number of unbranched alkanes of at least 4 members (excludes halogenated alkanes) is 1. The van der Waals surface area contributed by atoms with Gasteiger partial charge in [0.1, 0.15) is 5.82 Å². The summed E-state index contributed by atoms with van der Waals surface area (Å²) in [5.41, 5.74) is 4.93. The van der Waals surface area contributed by atoms with E-state index in [0.717, 1.165) is 46.0 Å². The van der Waals surface area contributed by atoms with E-state index in [0.29, 0.717) is 11.4 Å². The van der Waals surface area contributed by atoms with Crippen LogP contribution in [0.4, 0.5) is 5.82 Å². The van der Waals surface area contributed by atoms with Crippen molar-refractivity contribution in [1.29, 1.82) is 0 Å². The summed E-state index contributed by atoms with van der Waals surface area (Å²) in [5.74, 6) is 0.363. The fraction of sp³-hybridized carbons (Fsp3) is 0.192. The van der Waals surface area contributed by atoms with Crippen molar-refractivity contribution in [1.82, 2.24) is 9.97 Å². The molecule has 156 valence electrons. The number of rotatable bonds is 7. The topological polar surface area (TPSA) is 54.9 Å². The van der Waals surface area contributed by atoms with Gasteiger partial charge < -0.3 is 5.32 Å². The molecule has 0 bridgehead atoms. The molecule has 0 saturated carbocycles. The molecule has 4 nitrogen and oxygen atoms in total. The molecular formula is C26H25N3OS. The highest BCUT2D eigenvalue weighted by molar-refractivity contribution is 7.15. The van der Waals surface area contributed by atoms with Crippen molar-refractivity contribution >= 4 is 23.1 Å². The lowest BCUT2D eigenvalue weighted by Gasteiger charge is -2.07. The molecule has 0 aliphatic carbocycles. The van der Waals surface area contributed by atoms with Crippen LogP contribution < -0.4 is 5.32 Å². The molecule has 2 aromatic heterocycles. The Morgan fingerprint density at radius 3 is 2.61 bits per heavy atom. The zero-order valence-electron chi connectivity index (χ0n) is 17.8. The number of hydrogen-bond donors (Lipinski definition) is 1. The smallest absolute Gasteiger partial charge is 0.256 e. The van der Waals surface area contributed by atoms with E-state index in [1.54, 1.807) is 29.7 Å². The van der Waals surface area contributed by atoms with E-state index in [2.05, 4.69) is 48.4 Å². The second-order valence-electron chi connectivity index (χ2n) is 7.51. The Labute approximate surface area is 187 Å². The van der Waals surface area contributed by atoms with Crippen LogP contribution in [-0.4, -0.2) is 15.9 Å². The van der Waals surface area contributed by atoms with Crippen molar-refractivity contribution in [3.8, 4) is 21.7 Å². The van der Waals surface area contributed by atoms with Gasteiger partial charge in [0, 0.05) is 17.3 Å². The van der Waals surface area contributed by atoms with Gasteiger partial charge in [0.05, 0.1) is 15.6 Å². The number of carbonyl (C=O) groups excluding carboxylic acids is 1. The summed E-state index contributed by atoms with van der Waals surface area (Å²) in [7, 11) is 0. The van der Waals surface area contributed by atoms with Crippen LogP contribution in [0.15, 0.2) is 72.9 Å². The van der Waals surface area contributed by atoms with E-state index in [1.807, 2.05) is 30.3 Å². The Balaban J connectivity index is 1.69. The molecule has 0 radical (unpaired) electrons. The largest absolute Gasteiger partial charge is 0.307 e. The van der Waals surface area contributed by atoms with Gasteiger partial charge in [-0.3, -0.25) is 4.79 Å². The fourth-order valence-electron chi connectivity index (χ4n) is 3.40. The molecule has 2 aromatic carbocycles. The molecule has 0 aliphatic heterocycles. The lowest BCUT2D eigenvalue weighted by Crippen LogP contribution is -2.12. The third kappa shape index (κ3) is 5.06. The standard InChI is InChI=1S/C26H25N3OS/c1-3-4-13-23-29-24(20-12-8-9-18(2)16-20)25(31-23)21-14-15-27-22(17-21)28-26(30)19-10-6-5-7-11-19/h5-12,14-17H,3-4,13H2,1-2H3,(H,27,28,30). The molecule has 4 rings (SSSR count). The first-order valence-electron chi connectivity index (χ1n) is 10.5. The summed E-state index contributed by atoms with van der Waals surface area (Å²) < 4.78 is 0. The number of aromatic nitrogens is 2. The van der Waals surface area contributed by atoms with Gasteiger partial charge in [0.25, 0.3) is 5.91 Å². The molecule has 0 aliphatic rings. The third-order valence-corrected chi connectivity index (χ3v) is 6.17. The summed E-state index contributed by atoms with van der Waals surface area (Å²) in [6.07, 6.45) is 4.97. The molecule has 2 heterocycles. The highest BCUT2D eigenvalue weighted by Crippen LogP contribution is 2.38. The van der Waals surface area contributed by atoms with Gasteiger partial charge in [-0.1, -0.05) is 55.3 Å². The van der Waals surface area contributed by atoms with Gasteiger partial charge in [-0.15, -0.1) is 11.3 Å². The summed E-state index contributed by atoms with van der Waals surface area (Å²) in [6.45, 7) is 4.29. The number of hydrogen-bond acceptors (Lipinski definition) is 4. The molecule has 0 unspecified atom stereocenters. The highest BCUT2D eigenvalue weighted by Gasteiger charge is 2.16. The van der Waals surface area contributed by atoms with Crippen LogP contribution in [0.1, 0.15) is 40.7 Å². The summed E-state index contributed by atoms with van der Waals surface area (Å²) in [5, 5.41) is 4.05. The first-order valence-corrected chi connectivity index (χ1v) is 11.3. The molecule has 1 amide bonds. The first-order chi connectivity index (χ1) is 15.1. The van der Waals surface area contributed by atoms with Gasteiger partial charge >= 0.3 is 0 Å². The Bertz CT molecular complexity index is 1180. The normalized spacial score (nSPS) is 10.8. The minimum Gasteiger partial charge on any atom is -0.307 e. The van der Waals surface area contributed by atoms with Crippen molar-refractivity contribution in [2.75, 3.05) is 5.32 Å². The van der Waals surface area contributed by atoms with E-state index < -0.39 is 0 Å². The van der Waals surface area contributed by atoms with Crippen molar-refractivity contribution in [2.24, 2.45) is 0 Å². The minimum atomic E-state index is -0.169. The lowest BCUT2D eigenvalue weighted by molar-refractivity contribution is 0.102. The summed E-state index contributed by atoms with van der Waals surface area (Å²) in [4.78, 5) is 23.0. The average molecular weight is 428 g/mol. The first kappa shape index (κ1) is 20.9. The maximum atomic E-state index is 12.5. The van der Waals surface area contributed by atoms with Crippen LogP contribution in [0.2, 0.25) is 0 Å². The van der Waals surface area contributed by atoms with Crippen molar-refractivity contribution < 1.29 is 4.79 Å². The Morgan fingerprint density at radius 2 is 1.84 bits per heavy atom. The Kier molecular flexibility index (Phi) is 6.53. The van der Waals surface area contributed by atoms with Gasteiger partial charge in [-0.25, -0.2) is 9.97 Å². The van der Waals surface area contributed by atoms with Gasteiger partial charge in [0.2, 0.25) is 0 Å². The number of amides is 1. The number of benzene rings is 2. The van der Waals surface area contributed by atoms with Gasteiger partial charge in [-0.05, 0) is 55.7 Å². The number of nitrogens with one attached hydrogen (secondary N) is 1. The van der Waals surface area contributed by atoms with Crippen LogP contribution in [0, 0.1) is 6.92 Å². The second-order valence-corrected chi connectivity index (χ2v) is 8.59. The summed E-state index contributed by atoms with van der Waals surface area (Å²) >= 11 is 1.73. The SMILES string of the molecule is CCCCc1nc(-c2cccc(C)c2)c(-c2ccnc(NC(=O)c3ccccc3)c2)s1. The van der Waals surface area contributed by atoms with Crippen molar-refractivity contribution in [3.63, 3.8) is 0 Å². The zero-order chi connectivity index (χ0) is 21.6. The number of nitrogens with zero attached hydrogens (tertiary/aromatic N) is 2. The van der Waals surface area contributed by atoms with Crippen LogP contribution in [-0.2, 0) is 6.42 Å². The number of carbonyl (C=O) groups is 1. The zero-order valence-corrected chi connectivity index (χ0v) is 18.6. The molecule has 5 heteroatoms. The van der Waals surface area contributed by atoms with E-state index in [1.165, 1.54) is 5.56 Å². The van der Waals surface area contributed by atoms with Crippen LogP contribution in [0.3, 0.4) is 0 Å². The quantitative estimate of drug-likeness (QED) is 0.354. The van der Waals surface area contributed by atoms with E-state index in [4.69, 9.17) is 4.98 Å². The van der Waals surface area contributed by atoms with Crippen molar-refractivity contribution in [2.45, 2.75) is 33.1 Å². The van der Waals surface area contributed by atoms with E-state index in [-0.39, 0.29) is 5.91 Å². The molecule has 0 atom stereocenters. The Morgan fingerprint density at radius 1 is 1.00 bits per heavy atom. The molecule has 31 heavy (non-hydrogen) atoms. The van der Waals surface area contributed by atoms with Crippen LogP contribution in [0.25, 0.3) is 21.7 Å². The predicted octanol–water partition coefficient (Wildman–Crippen LogP) is 6.78. The fourth-order valence-corrected chi connectivity index (χ4v) is 4.53. The van der Waals surface area contributed by atoms with E-state index >= 15 is 0 Å². The minimum absolute atomic E-state index is 0.169. The van der Waals surface area contributed by atoms with Crippen LogP contribution >= 0.6 is 11.3 Å². The molecule has 0 saturated heterocycles. The van der Waals surface area contributed by atoms with Crippen molar-refractivity contribution in [3.05, 3.63) is 89.1 Å². The number of thiazole rings is 1. The lowest BCUT2D eigenvalue weighted by atomic mass is 10.1. The van der Waals surface area contributed by atoms with E-state index in [9.17, 15) is 4.79 Å². The third-order valence-electron chi connectivity index (χ3n) is 5.01. The highest BCUT2D eigenvalue weighted by atomic mass is 32.1. The molecule has 0 fully saturated rings. The maximum absolute atomic E-state index is 12.5. The number of anilines is 1. The average Bonchev–Trinajstić information content (AvgIpc) is 3.23. The molecular weight excluding hydrogens is 402 g/mol. The summed E-state index contributed by atoms with van der Waals surface area (Å²) in [6, 6.07) is 21.5. The number of pyridine rings is 1. The van der Waals surface area contributed by atoms with Gasteiger partial charge in [0.15, 0.2) is 0 Å². The molecule has 1 N–H and O–H groups in total. The Hall–Kier alpha value is -3.31. The maximum Gasteiger partial charge on any atom is 0.256 e. The predicted molar refractivity (Wildman–Crippen MR) is 129 cm³/mol. The van der Waals surface area contributed by atoms with Crippen LogP contribution in [0.5, 0.6) is 0 Å². The van der Waals surface area contributed by atoms with Gasteiger partial charge in [-0.2, -0.15) is 0 Å².